The van der Waals surface area contributed by atoms with Gasteiger partial charge in [-0.25, -0.2) is 0 Å². The average Bonchev–Trinajstić information content (AvgIpc) is 3.28. The van der Waals surface area contributed by atoms with E-state index in [0.29, 0.717) is 5.75 Å². The Morgan fingerprint density at radius 1 is 1.17 bits per heavy atom. The lowest BCUT2D eigenvalue weighted by molar-refractivity contribution is -0.914. The number of nitrogens with one attached hydrogen (secondary N) is 1. The first kappa shape index (κ1) is 15.2. The molecule has 1 aliphatic rings. The first-order chi connectivity index (χ1) is 11.8. The number of anilines is 1. The summed E-state index contributed by atoms with van der Waals surface area (Å²) in [5.41, 5.74) is 2.19. The number of phenolic OH excluding ortho intramolecular Hbond substituents is 1. The zero-order valence-corrected chi connectivity index (χ0v) is 14.1. The first-order valence-electron chi connectivity index (χ1n) is 8.15. The molecule has 6 heteroatoms. The SMILES string of the molecule is Oc1ccc(N2CC[NH+](Cc3cc(-c4cccs4)on3)CC2)cc1. The number of hydrogen-bond donors (Lipinski definition) is 2. The fourth-order valence-electron chi connectivity index (χ4n) is 3.11. The summed E-state index contributed by atoms with van der Waals surface area (Å²) >= 11 is 1.67. The Morgan fingerprint density at radius 3 is 2.67 bits per heavy atom. The molecular formula is C18H20N3O2S+. The maximum Gasteiger partial charge on any atom is 0.177 e. The molecule has 0 atom stereocenters. The lowest BCUT2D eigenvalue weighted by Gasteiger charge is -2.33. The summed E-state index contributed by atoms with van der Waals surface area (Å²) in [6.07, 6.45) is 0. The Hall–Kier alpha value is -2.31. The summed E-state index contributed by atoms with van der Waals surface area (Å²) in [5.74, 6) is 1.18. The van der Waals surface area contributed by atoms with Crippen molar-refractivity contribution in [1.29, 1.82) is 0 Å². The van der Waals surface area contributed by atoms with Crippen LogP contribution in [0.3, 0.4) is 0 Å². The van der Waals surface area contributed by atoms with E-state index in [1.54, 1.807) is 23.5 Å². The van der Waals surface area contributed by atoms with Gasteiger partial charge in [0.15, 0.2) is 5.76 Å². The maximum absolute atomic E-state index is 9.39. The van der Waals surface area contributed by atoms with Gasteiger partial charge in [0.05, 0.1) is 31.1 Å². The third kappa shape index (κ3) is 3.29. The minimum absolute atomic E-state index is 0.315. The number of quaternary nitrogens is 1. The van der Waals surface area contributed by atoms with E-state index in [1.807, 2.05) is 23.6 Å². The Bertz CT molecular complexity index is 775. The number of nitrogens with zero attached hydrogens (tertiary/aromatic N) is 2. The Kier molecular flexibility index (Phi) is 4.23. The van der Waals surface area contributed by atoms with Gasteiger partial charge in [-0.2, -0.15) is 0 Å². The van der Waals surface area contributed by atoms with Gasteiger partial charge in [-0.15, -0.1) is 11.3 Å². The van der Waals surface area contributed by atoms with Crippen molar-refractivity contribution in [3.8, 4) is 16.4 Å². The first-order valence-corrected chi connectivity index (χ1v) is 9.03. The topological polar surface area (TPSA) is 53.9 Å². The van der Waals surface area contributed by atoms with Gasteiger partial charge in [0, 0.05) is 11.8 Å². The Labute approximate surface area is 144 Å². The molecule has 5 nitrogen and oxygen atoms in total. The molecule has 1 saturated heterocycles. The molecule has 0 unspecified atom stereocenters. The zero-order chi connectivity index (χ0) is 16.4. The average molecular weight is 342 g/mol. The van der Waals surface area contributed by atoms with Crippen molar-refractivity contribution in [2.45, 2.75) is 6.54 Å². The standard InChI is InChI=1S/C18H19N3O2S/c22-16-5-3-15(4-6-16)21-9-7-20(8-10-21)13-14-12-17(23-19-14)18-2-1-11-24-18/h1-6,11-12,22H,7-10,13H2/p+1. The second-order valence-corrected chi connectivity index (χ2v) is 7.04. The van der Waals surface area contributed by atoms with Crippen LogP contribution in [0.15, 0.2) is 52.4 Å². The number of thiophene rings is 1. The van der Waals surface area contributed by atoms with Gasteiger partial charge in [-0.3, -0.25) is 0 Å². The van der Waals surface area contributed by atoms with Crippen molar-refractivity contribution in [2.75, 3.05) is 31.1 Å². The number of piperazine rings is 1. The third-order valence-electron chi connectivity index (χ3n) is 4.44. The molecule has 0 saturated carbocycles. The van der Waals surface area contributed by atoms with Gasteiger partial charge in [0.25, 0.3) is 0 Å². The van der Waals surface area contributed by atoms with Crippen LogP contribution in [0.2, 0.25) is 0 Å². The Morgan fingerprint density at radius 2 is 1.96 bits per heavy atom. The van der Waals surface area contributed by atoms with Crippen LogP contribution in [0.1, 0.15) is 5.69 Å². The molecule has 24 heavy (non-hydrogen) atoms. The predicted molar refractivity (Wildman–Crippen MR) is 94.5 cm³/mol. The summed E-state index contributed by atoms with van der Waals surface area (Å²) < 4.78 is 5.47. The zero-order valence-electron chi connectivity index (χ0n) is 13.3. The van der Waals surface area contributed by atoms with Gasteiger partial charge in [-0.1, -0.05) is 11.2 Å². The molecular weight excluding hydrogens is 322 g/mol. The largest absolute Gasteiger partial charge is 0.508 e. The second kappa shape index (κ2) is 6.67. The van der Waals surface area contributed by atoms with Crippen LogP contribution in [0.5, 0.6) is 5.75 Å². The molecule has 4 rings (SSSR count). The molecule has 124 valence electrons. The third-order valence-corrected chi connectivity index (χ3v) is 5.32. The molecule has 0 bridgehead atoms. The van der Waals surface area contributed by atoms with Crippen LogP contribution in [0.4, 0.5) is 5.69 Å². The summed E-state index contributed by atoms with van der Waals surface area (Å²) in [7, 11) is 0. The van der Waals surface area contributed by atoms with Crippen LogP contribution in [0.25, 0.3) is 10.6 Å². The Balaban J connectivity index is 1.34. The number of rotatable bonds is 4. The molecule has 1 aromatic carbocycles. The van der Waals surface area contributed by atoms with E-state index >= 15 is 0 Å². The number of hydrogen-bond acceptors (Lipinski definition) is 5. The molecule has 0 radical (unpaired) electrons. The fourth-order valence-corrected chi connectivity index (χ4v) is 3.78. The molecule has 3 heterocycles. The molecule has 1 fully saturated rings. The van der Waals surface area contributed by atoms with E-state index in [0.717, 1.165) is 49.1 Å². The van der Waals surface area contributed by atoms with Crippen LogP contribution in [-0.2, 0) is 6.54 Å². The van der Waals surface area contributed by atoms with Crippen molar-refractivity contribution in [2.24, 2.45) is 0 Å². The van der Waals surface area contributed by atoms with Crippen molar-refractivity contribution in [1.82, 2.24) is 5.16 Å². The van der Waals surface area contributed by atoms with Crippen molar-refractivity contribution >= 4 is 17.0 Å². The van der Waals surface area contributed by atoms with Gasteiger partial charge in [0.1, 0.15) is 18.0 Å². The highest BCUT2D eigenvalue weighted by Crippen LogP contribution is 2.25. The van der Waals surface area contributed by atoms with Crippen LogP contribution in [0, 0.1) is 0 Å². The lowest BCUT2D eigenvalue weighted by Crippen LogP contribution is -3.13. The van der Waals surface area contributed by atoms with Crippen LogP contribution in [-0.4, -0.2) is 36.4 Å². The number of aromatic hydroxyl groups is 1. The van der Waals surface area contributed by atoms with Crippen LogP contribution >= 0.6 is 11.3 Å². The minimum atomic E-state index is 0.315. The lowest BCUT2D eigenvalue weighted by atomic mass is 10.2. The van der Waals surface area contributed by atoms with E-state index in [4.69, 9.17) is 4.52 Å². The molecule has 0 spiro atoms. The van der Waals surface area contributed by atoms with Crippen molar-refractivity contribution in [3.63, 3.8) is 0 Å². The van der Waals surface area contributed by atoms with Gasteiger partial charge < -0.3 is 19.4 Å². The summed E-state index contributed by atoms with van der Waals surface area (Å²) in [6, 6.07) is 13.6. The molecule has 0 aliphatic carbocycles. The van der Waals surface area contributed by atoms with E-state index < -0.39 is 0 Å². The van der Waals surface area contributed by atoms with E-state index in [1.165, 1.54) is 10.6 Å². The van der Waals surface area contributed by atoms with Crippen molar-refractivity contribution in [3.05, 3.63) is 53.5 Å². The molecule has 2 N–H and O–H groups in total. The summed E-state index contributed by atoms with van der Waals surface area (Å²) in [4.78, 5) is 5.01. The molecule has 0 amide bonds. The highest BCUT2D eigenvalue weighted by molar-refractivity contribution is 7.13. The molecule has 2 aromatic heterocycles. The summed E-state index contributed by atoms with van der Waals surface area (Å²) in [6.45, 7) is 5.06. The van der Waals surface area contributed by atoms with Gasteiger partial charge in [0.2, 0.25) is 0 Å². The monoisotopic (exact) mass is 342 g/mol. The number of aromatic nitrogens is 1. The summed E-state index contributed by atoms with van der Waals surface area (Å²) in [5, 5.41) is 15.7. The van der Waals surface area contributed by atoms with E-state index in [9.17, 15) is 5.11 Å². The van der Waals surface area contributed by atoms with Gasteiger partial charge >= 0.3 is 0 Å². The second-order valence-electron chi connectivity index (χ2n) is 6.09. The number of phenols is 1. The van der Waals surface area contributed by atoms with Gasteiger partial charge in [-0.05, 0) is 35.7 Å². The van der Waals surface area contributed by atoms with E-state index in [-0.39, 0.29) is 0 Å². The molecule has 1 aliphatic heterocycles. The minimum Gasteiger partial charge on any atom is -0.508 e. The highest BCUT2D eigenvalue weighted by Gasteiger charge is 2.22. The quantitative estimate of drug-likeness (QED) is 0.762. The molecule has 3 aromatic rings. The predicted octanol–water partition coefficient (Wildman–Crippen LogP) is 2.01. The number of benzene rings is 1. The van der Waals surface area contributed by atoms with E-state index in [2.05, 4.69) is 22.2 Å². The fraction of sp³-hybridized carbons (Fsp3) is 0.278. The highest BCUT2D eigenvalue weighted by atomic mass is 32.1. The maximum atomic E-state index is 9.39. The smallest absolute Gasteiger partial charge is 0.177 e. The normalized spacial score (nSPS) is 15.8. The van der Waals surface area contributed by atoms with Crippen molar-refractivity contribution < 1.29 is 14.5 Å². The van der Waals surface area contributed by atoms with Crippen LogP contribution < -0.4 is 9.80 Å².